The van der Waals surface area contributed by atoms with E-state index in [1.165, 1.54) is 0 Å². The Morgan fingerprint density at radius 3 is 2.89 bits per heavy atom. The Bertz CT molecular complexity index is 1490. The van der Waals surface area contributed by atoms with E-state index in [0.29, 0.717) is 35.6 Å². The van der Waals surface area contributed by atoms with Gasteiger partial charge in [0.15, 0.2) is 6.29 Å². The van der Waals surface area contributed by atoms with Crippen molar-refractivity contribution in [3.63, 3.8) is 0 Å². The zero-order valence-corrected chi connectivity index (χ0v) is 19.4. The van der Waals surface area contributed by atoms with Gasteiger partial charge in [-0.05, 0) is 67.0 Å². The maximum absolute atomic E-state index is 13.2. The first-order valence-electron chi connectivity index (χ1n) is 11.3. The second-order valence-corrected chi connectivity index (χ2v) is 8.70. The molecule has 4 aromatic heterocycles. The van der Waals surface area contributed by atoms with Crippen LogP contribution in [0.25, 0.3) is 17.1 Å². The van der Waals surface area contributed by atoms with Crippen molar-refractivity contribution in [1.82, 2.24) is 39.7 Å². The van der Waals surface area contributed by atoms with Crippen LogP contribution < -0.4 is 5.56 Å². The van der Waals surface area contributed by atoms with Crippen LogP contribution in [-0.4, -0.2) is 46.0 Å². The fourth-order valence-corrected chi connectivity index (χ4v) is 4.30. The summed E-state index contributed by atoms with van der Waals surface area (Å²) >= 11 is 0. The molecule has 0 saturated carbocycles. The van der Waals surface area contributed by atoms with Crippen LogP contribution in [0.4, 0.5) is 0 Å². The number of nitrogens with zero attached hydrogens (tertiary/aromatic N) is 7. The van der Waals surface area contributed by atoms with Crippen molar-refractivity contribution < 1.29 is 4.79 Å². The lowest BCUT2D eigenvalue weighted by molar-refractivity contribution is 0.111. The number of hydrogen-bond acceptors (Lipinski definition) is 7. The van der Waals surface area contributed by atoms with E-state index in [0.717, 1.165) is 35.4 Å². The number of H-pyrrole nitrogens is 1. The average Bonchev–Trinajstić information content (AvgIpc) is 3.62. The topological polar surface area (TPSA) is 124 Å². The molecule has 0 bridgehead atoms. The summed E-state index contributed by atoms with van der Waals surface area (Å²) in [6.07, 6.45) is 9.97. The Balaban J connectivity index is 1.43. The summed E-state index contributed by atoms with van der Waals surface area (Å²) in [7, 11) is 0. The Morgan fingerprint density at radius 2 is 2.11 bits per heavy atom. The van der Waals surface area contributed by atoms with Gasteiger partial charge in [-0.1, -0.05) is 17.7 Å². The molecule has 5 rings (SSSR count). The van der Waals surface area contributed by atoms with Gasteiger partial charge < -0.3 is 9.55 Å². The minimum Gasteiger partial charge on any atom is -0.339 e. The number of aromatic amines is 1. The number of fused-ring (bicyclic) bond motifs is 1. The highest BCUT2D eigenvalue weighted by Crippen LogP contribution is 2.30. The lowest BCUT2D eigenvalue weighted by Crippen LogP contribution is -2.24. The summed E-state index contributed by atoms with van der Waals surface area (Å²) in [4.78, 5) is 36.4. The first kappa shape index (κ1) is 22.3. The molecule has 1 aliphatic rings. The third-order valence-electron chi connectivity index (χ3n) is 5.91. The summed E-state index contributed by atoms with van der Waals surface area (Å²) < 4.78 is 3.42. The van der Waals surface area contributed by atoms with Crippen LogP contribution in [0.2, 0.25) is 0 Å². The number of pyridine rings is 2. The van der Waals surface area contributed by atoms with Crippen molar-refractivity contribution in [3.05, 3.63) is 93.7 Å². The number of rotatable bonds is 7. The van der Waals surface area contributed by atoms with Crippen molar-refractivity contribution in [3.8, 4) is 11.4 Å². The summed E-state index contributed by atoms with van der Waals surface area (Å²) in [5.41, 5.74) is 5.51. The summed E-state index contributed by atoms with van der Waals surface area (Å²) in [6, 6.07) is 8.80. The maximum Gasteiger partial charge on any atom is 0.251 e. The number of hydrogen-bond donors (Lipinski definition) is 1. The van der Waals surface area contributed by atoms with Gasteiger partial charge in [-0.25, -0.2) is 14.6 Å². The summed E-state index contributed by atoms with van der Waals surface area (Å²) in [5, 5.41) is 11.5. The second kappa shape index (κ2) is 9.41. The van der Waals surface area contributed by atoms with Gasteiger partial charge in [0, 0.05) is 23.9 Å². The number of carbonyl (C=O) groups excluding carboxylic acids is 1. The molecule has 0 fully saturated rings. The number of aldehydes is 1. The molecule has 176 valence electrons. The third kappa shape index (κ3) is 4.63. The minimum absolute atomic E-state index is 0.0719. The lowest BCUT2D eigenvalue weighted by Gasteiger charge is -2.14. The summed E-state index contributed by atoms with van der Waals surface area (Å²) in [6.45, 7) is 4.04. The molecular weight excluding hydrogens is 444 g/mol. The number of carbonyl (C=O) groups is 1. The summed E-state index contributed by atoms with van der Waals surface area (Å²) in [5.74, 6) is 0.699. The molecule has 35 heavy (non-hydrogen) atoms. The maximum atomic E-state index is 13.2. The van der Waals surface area contributed by atoms with Crippen LogP contribution >= 0.6 is 0 Å². The molecule has 0 aliphatic carbocycles. The van der Waals surface area contributed by atoms with E-state index >= 15 is 0 Å². The average molecular weight is 469 g/mol. The number of aryl methyl sites for hydroxylation is 1. The molecule has 1 N–H and O–H groups in total. The fourth-order valence-electron chi connectivity index (χ4n) is 4.30. The van der Waals surface area contributed by atoms with Crippen molar-refractivity contribution in [2.75, 3.05) is 0 Å². The second-order valence-electron chi connectivity index (χ2n) is 8.70. The van der Waals surface area contributed by atoms with E-state index in [2.05, 4.69) is 36.5 Å². The lowest BCUT2D eigenvalue weighted by atomic mass is 10.1. The van der Waals surface area contributed by atoms with Crippen LogP contribution in [0.15, 0.2) is 65.4 Å². The molecule has 5 heterocycles. The van der Waals surface area contributed by atoms with Gasteiger partial charge in [-0.15, -0.1) is 5.10 Å². The Labute approximate surface area is 201 Å². The van der Waals surface area contributed by atoms with Crippen molar-refractivity contribution in [1.29, 1.82) is 0 Å². The van der Waals surface area contributed by atoms with Gasteiger partial charge >= 0.3 is 0 Å². The first-order chi connectivity index (χ1) is 17.0. The van der Waals surface area contributed by atoms with E-state index in [9.17, 15) is 9.59 Å². The number of aromatic nitrogens is 8. The number of tetrazole rings is 1. The largest absolute Gasteiger partial charge is 0.339 e. The van der Waals surface area contributed by atoms with Crippen LogP contribution in [0.5, 0.6) is 0 Å². The quantitative estimate of drug-likeness (QED) is 0.326. The van der Waals surface area contributed by atoms with Crippen molar-refractivity contribution >= 4 is 12.0 Å². The molecule has 1 unspecified atom stereocenters. The van der Waals surface area contributed by atoms with Crippen molar-refractivity contribution in [2.45, 2.75) is 39.2 Å². The zero-order valence-electron chi connectivity index (χ0n) is 19.4. The predicted molar refractivity (Wildman–Crippen MR) is 130 cm³/mol. The normalized spacial score (nSPS) is 15.1. The molecule has 4 aromatic rings. The molecular formula is C25H24N8O2. The van der Waals surface area contributed by atoms with E-state index in [4.69, 9.17) is 0 Å². The van der Waals surface area contributed by atoms with Crippen molar-refractivity contribution in [2.24, 2.45) is 0 Å². The molecule has 1 aliphatic heterocycles. The fraction of sp³-hybridized carbons (Fsp3) is 0.240. The van der Waals surface area contributed by atoms with E-state index < -0.39 is 0 Å². The van der Waals surface area contributed by atoms with Crippen LogP contribution in [0.1, 0.15) is 53.9 Å². The van der Waals surface area contributed by atoms with E-state index in [1.807, 2.05) is 32.1 Å². The Morgan fingerprint density at radius 1 is 1.23 bits per heavy atom. The highest BCUT2D eigenvalue weighted by Gasteiger charge is 2.27. The van der Waals surface area contributed by atoms with Gasteiger partial charge in [0.25, 0.3) is 5.56 Å². The van der Waals surface area contributed by atoms with Gasteiger partial charge in [-0.3, -0.25) is 9.59 Å². The highest BCUT2D eigenvalue weighted by atomic mass is 16.1. The number of allylic oxidation sites excluding steroid dienone is 4. The van der Waals surface area contributed by atoms with Crippen LogP contribution in [-0.2, 0) is 12.8 Å². The minimum atomic E-state index is -0.185. The molecule has 0 amide bonds. The van der Waals surface area contributed by atoms with Crippen LogP contribution in [0, 0.1) is 0 Å². The molecule has 1 atom stereocenters. The van der Waals surface area contributed by atoms with E-state index in [1.54, 1.807) is 40.0 Å². The predicted octanol–water partition coefficient (Wildman–Crippen LogP) is 3.02. The monoisotopic (exact) mass is 468 g/mol. The molecule has 0 aromatic carbocycles. The van der Waals surface area contributed by atoms with Gasteiger partial charge in [0.2, 0.25) is 0 Å². The standard InChI is InChI=1S/C25H24N8O2/c1-16(2)6-7-19(32-15-27-30-31-32)10-17-11-20-8-9-23(33(20)24(35)12-17)25-26-13-22(29-25)21-5-3-4-18(14-34)28-21/h3-7,11-15,23H,8-10H2,1-2H3,(H,26,29)/b19-7+. The molecule has 10 nitrogen and oxygen atoms in total. The van der Waals surface area contributed by atoms with E-state index in [-0.39, 0.29) is 11.6 Å². The van der Waals surface area contributed by atoms with Gasteiger partial charge in [0.05, 0.1) is 23.6 Å². The first-order valence-corrected chi connectivity index (χ1v) is 11.3. The number of imidazole rings is 1. The number of nitrogens with one attached hydrogen (secondary N) is 1. The molecule has 10 heteroatoms. The Hall–Kier alpha value is -4.47. The zero-order chi connectivity index (χ0) is 24.4. The molecule has 0 spiro atoms. The SMILES string of the molecule is CC(C)=C/C=C(\Cc1cc2n(c(=O)c1)C(c1ncc(-c3cccc(C=O)n3)[nH]1)CC2)n1cnnn1. The molecule has 0 saturated heterocycles. The Kier molecular flexibility index (Phi) is 6.01. The third-order valence-corrected chi connectivity index (χ3v) is 5.91. The van der Waals surface area contributed by atoms with Gasteiger partial charge in [0.1, 0.15) is 17.8 Å². The van der Waals surface area contributed by atoms with Gasteiger partial charge in [-0.2, -0.15) is 0 Å². The molecule has 0 radical (unpaired) electrons. The highest BCUT2D eigenvalue weighted by molar-refractivity contribution is 5.73. The van der Waals surface area contributed by atoms with Crippen LogP contribution in [0.3, 0.4) is 0 Å². The smallest absolute Gasteiger partial charge is 0.251 e.